The fraction of sp³-hybridized carbons (Fsp3) is 0.227. The number of ether oxygens (including phenoxy) is 2. The Labute approximate surface area is 183 Å². The molecular formula is C22H22N4O4S. The quantitative estimate of drug-likeness (QED) is 0.276. The number of hydrogen-bond acceptors (Lipinski definition) is 8. The number of benzene rings is 2. The van der Waals surface area contributed by atoms with Crippen molar-refractivity contribution in [2.75, 3.05) is 20.1 Å². The number of aryl methyl sites for hydroxylation is 2. The van der Waals surface area contributed by atoms with Crippen LogP contribution < -0.4 is 20.9 Å². The van der Waals surface area contributed by atoms with Crippen LogP contribution in [0, 0.1) is 13.8 Å². The van der Waals surface area contributed by atoms with Gasteiger partial charge in [-0.05, 0) is 48.7 Å². The molecule has 0 aliphatic heterocycles. The molecule has 9 heteroatoms. The summed E-state index contributed by atoms with van der Waals surface area (Å²) in [6.07, 6.45) is 0. The minimum Gasteiger partial charge on any atom is -0.493 e. The molecule has 0 bridgehead atoms. The summed E-state index contributed by atoms with van der Waals surface area (Å²) in [5.41, 5.74) is 3.87. The zero-order chi connectivity index (χ0) is 22.1. The van der Waals surface area contributed by atoms with Crippen LogP contribution in [0.5, 0.6) is 11.5 Å². The van der Waals surface area contributed by atoms with Crippen LogP contribution in [0.4, 0.5) is 0 Å². The molecule has 8 nitrogen and oxygen atoms in total. The molecule has 0 unspecified atom stereocenters. The molecule has 4 rings (SSSR count). The highest BCUT2D eigenvalue weighted by molar-refractivity contribution is 7.98. The van der Waals surface area contributed by atoms with E-state index in [1.807, 2.05) is 32.0 Å². The lowest BCUT2D eigenvalue weighted by atomic mass is 10.0. The van der Waals surface area contributed by atoms with E-state index in [1.54, 1.807) is 26.4 Å². The van der Waals surface area contributed by atoms with Gasteiger partial charge in [0.25, 0.3) is 0 Å². The summed E-state index contributed by atoms with van der Waals surface area (Å²) in [4.78, 5) is 12.1. The Balaban J connectivity index is 1.64. The van der Waals surface area contributed by atoms with E-state index in [1.165, 1.54) is 22.5 Å². The molecule has 0 atom stereocenters. The number of nitrogen functional groups attached to an aromatic ring is 1. The van der Waals surface area contributed by atoms with Gasteiger partial charge in [-0.25, -0.2) is 9.47 Å². The SMILES string of the molecule is COc1ccc(-c2nnc(SCc3cc(=O)oc4c(C)c(C)ccc34)n2N)cc1OC. The van der Waals surface area contributed by atoms with E-state index in [0.717, 1.165) is 27.6 Å². The maximum absolute atomic E-state index is 12.1. The number of rotatable bonds is 6. The molecule has 2 N–H and O–H groups in total. The van der Waals surface area contributed by atoms with Crippen molar-refractivity contribution in [3.63, 3.8) is 0 Å². The van der Waals surface area contributed by atoms with Crippen molar-refractivity contribution in [3.8, 4) is 22.9 Å². The summed E-state index contributed by atoms with van der Waals surface area (Å²) in [5, 5.41) is 9.87. The molecular weight excluding hydrogens is 416 g/mol. The van der Waals surface area contributed by atoms with Crippen LogP contribution in [0.15, 0.2) is 50.8 Å². The minimum absolute atomic E-state index is 0.378. The van der Waals surface area contributed by atoms with Crippen LogP contribution >= 0.6 is 11.8 Å². The lowest BCUT2D eigenvalue weighted by Gasteiger charge is -2.10. The Hall–Kier alpha value is -3.46. The monoisotopic (exact) mass is 438 g/mol. The first-order valence-electron chi connectivity index (χ1n) is 9.51. The van der Waals surface area contributed by atoms with Gasteiger partial charge in [0.15, 0.2) is 17.3 Å². The van der Waals surface area contributed by atoms with Crippen molar-refractivity contribution < 1.29 is 13.9 Å². The highest BCUT2D eigenvalue weighted by Crippen LogP contribution is 2.33. The van der Waals surface area contributed by atoms with Crippen LogP contribution in [-0.2, 0) is 5.75 Å². The van der Waals surface area contributed by atoms with Crippen LogP contribution in [0.2, 0.25) is 0 Å². The van der Waals surface area contributed by atoms with Gasteiger partial charge in [-0.2, -0.15) is 0 Å². The predicted molar refractivity (Wildman–Crippen MR) is 120 cm³/mol. The fourth-order valence-corrected chi connectivity index (χ4v) is 4.18. The average molecular weight is 439 g/mol. The summed E-state index contributed by atoms with van der Waals surface area (Å²) in [6, 6.07) is 10.9. The van der Waals surface area contributed by atoms with Crippen molar-refractivity contribution in [1.29, 1.82) is 0 Å². The van der Waals surface area contributed by atoms with Crippen LogP contribution in [0.25, 0.3) is 22.4 Å². The third kappa shape index (κ3) is 3.84. The van der Waals surface area contributed by atoms with Crippen LogP contribution in [0.1, 0.15) is 16.7 Å². The largest absolute Gasteiger partial charge is 0.493 e. The van der Waals surface area contributed by atoms with Gasteiger partial charge < -0.3 is 19.7 Å². The lowest BCUT2D eigenvalue weighted by Crippen LogP contribution is -2.11. The first-order chi connectivity index (χ1) is 14.9. The van der Waals surface area contributed by atoms with E-state index in [2.05, 4.69) is 10.2 Å². The van der Waals surface area contributed by atoms with E-state index < -0.39 is 0 Å². The molecule has 0 fully saturated rings. The zero-order valence-electron chi connectivity index (χ0n) is 17.6. The van der Waals surface area contributed by atoms with Crippen molar-refractivity contribution in [3.05, 3.63) is 63.5 Å². The molecule has 4 aromatic rings. The third-order valence-electron chi connectivity index (χ3n) is 5.18. The number of hydrogen-bond donors (Lipinski definition) is 1. The zero-order valence-corrected chi connectivity index (χ0v) is 18.4. The summed E-state index contributed by atoms with van der Waals surface area (Å²) in [5.74, 6) is 8.44. The molecule has 160 valence electrons. The van der Waals surface area contributed by atoms with Crippen molar-refractivity contribution >= 4 is 22.7 Å². The number of fused-ring (bicyclic) bond motifs is 1. The minimum atomic E-state index is -0.378. The Morgan fingerprint density at radius 3 is 2.58 bits per heavy atom. The third-order valence-corrected chi connectivity index (χ3v) is 6.17. The van der Waals surface area contributed by atoms with Gasteiger partial charge in [-0.1, -0.05) is 23.9 Å². The number of thioether (sulfide) groups is 1. The maximum atomic E-state index is 12.1. The number of nitrogens with two attached hydrogens (primary N) is 1. The normalized spacial score (nSPS) is 11.1. The molecule has 0 saturated heterocycles. The molecule has 0 aliphatic carbocycles. The highest BCUT2D eigenvalue weighted by atomic mass is 32.2. The molecule has 31 heavy (non-hydrogen) atoms. The molecule has 0 amide bonds. The first kappa shape index (κ1) is 20.8. The molecule has 2 heterocycles. The molecule has 0 aliphatic rings. The number of methoxy groups -OCH3 is 2. The van der Waals surface area contributed by atoms with Crippen LogP contribution in [-0.4, -0.2) is 29.1 Å². The molecule has 2 aromatic carbocycles. The van der Waals surface area contributed by atoms with Crippen molar-refractivity contribution in [2.45, 2.75) is 24.8 Å². The van der Waals surface area contributed by atoms with Gasteiger partial charge in [0.1, 0.15) is 5.58 Å². The van der Waals surface area contributed by atoms with Gasteiger partial charge in [-0.3, -0.25) is 0 Å². The van der Waals surface area contributed by atoms with Crippen molar-refractivity contribution in [1.82, 2.24) is 14.9 Å². The fourth-order valence-electron chi connectivity index (χ4n) is 3.33. The van der Waals surface area contributed by atoms with E-state index in [0.29, 0.717) is 33.8 Å². The summed E-state index contributed by atoms with van der Waals surface area (Å²) < 4.78 is 17.5. The van der Waals surface area contributed by atoms with Gasteiger partial charge in [0, 0.05) is 22.8 Å². The Bertz CT molecular complexity index is 1330. The van der Waals surface area contributed by atoms with Gasteiger partial charge in [0.2, 0.25) is 5.16 Å². The van der Waals surface area contributed by atoms with Crippen molar-refractivity contribution in [2.24, 2.45) is 0 Å². The second-order valence-electron chi connectivity index (χ2n) is 7.01. The molecule has 0 spiro atoms. The summed E-state index contributed by atoms with van der Waals surface area (Å²) >= 11 is 1.39. The van der Waals surface area contributed by atoms with Gasteiger partial charge in [0.05, 0.1) is 14.2 Å². The first-order valence-corrected chi connectivity index (χ1v) is 10.5. The second-order valence-corrected chi connectivity index (χ2v) is 7.95. The van der Waals surface area contributed by atoms with E-state index in [4.69, 9.17) is 19.7 Å². The van der Waals surface area contributed by atoms with E-state index in [-0.39, 0.29) is 5.63 Å². The maximum Gasteiger partial charge on any atom is 0.336 e. The van der Waals surface area contributed by atoms with Gasteiger partial charge in [-0.15, -0.1) is 10.2 Å². The molecule has 2 aromatic heterocycles. The van der Waals surface area contributed by atoms with Gasteiger partial charge >= 0.3 is 5.63 Å². The summed E-state index contributed by atoms with van der Waals surface area (Å²) in [6.45, 7) is 3.94. The highest BCUT2D eigenvalue weighted by Gasteiger charge is 2.16. The smallest absolute Gasteiger partial charge is 0.336 e. The van der Waals surface area contributed by atoms with E-state index in [9.17, 15) is 4.79 Å². The lowest BCUT2D eigenvalue weighted by molar-refractivity contribution is 0.355. The standard InChI is InChI=1S/C22H22N4O4S/c1-12-5-7-16-15(10-19(27)30-20(16)13(12)2)11-31-22-25-24-21(26(22)23)14-6-8-17(28-3)18(9-14)29-4/h5-10H,11,23H2,1-4H3. The average Bonchev–Trinajstić information content (AvgIpc) is 3.14. The van der Waals surface area contributed by atoms with Crippen LogP contribution in [0.3, 0.4) is 0 Å². The Morgan fingerprint density at radius 2 is 1.84 bits per heavy atom. The number of nitrogens with zero attached hydrogens (tertiary/aromatic N) is 3. The van der Waals surface area contributed by atoms with E-state index >= 15 is 0 Å². The Kier molecular flexibility index (Phi) is 5.60. The summed E-state index contributed by atoms with van der Waals surface area (Å²) in [7, 11) is 3.15. The topological polar surface area (TPSA) is 105 Å². The molecule has 0 saturated carbocycles. The number of aromatic nitrogens is 3. The predicted octanol–water partition coefficient (Wildman–Crippen LogP) is 3.69. The second kappa shape index (κ2) is 8.35. The molecule has 0 radical (unpaired) electrons. The Morgan fingerprint density at radius 1 is 1.06 bits per heavy atom.